The first kappa shape index (κ1) is 19.9. The Hall–Kier alpha value is -1.90. The fourth-order valence-corrected chi connectivity index (χ4v) is 4.01. The highest BCUT2D eigenvalue weighted by atomic mass is 79.9. The van der Waals surface area contributed by atoms with Gasteiger partial charge >= 0.3 is 0 Å². The van der Waals surface area contributed by atoms with Gasteiger partial charge in [0, 0.05) is 25.8 Å². The normalized spacial score (nSPS) is 11.0. The second-order valence-electron chi connectivity index (χ2n) is 5.58. The molecule has 0 aliphatic heterocycles. The van der Waals surface area contributed by atoms with Crippen LogP contribution in [0.4, 0.5) is 0 Å². The van der Waals surface area contributed by atoms with E-state index in [-0.39, 0.29) is 5.91 Å². The Kier molecular flexibility index (Phi) is 7.25. The molecule has 0 bridgehead atoms. The first-order chi connectivity index (χ1) is 13.1. The number of hydrogen-bond donors (Lipinski definition) is 2. The van der Waals surface area contributed by atoms with Crippen LogP contribution in [0.2, 0.25) is 0 Å². The molecular weight excluding hydrogens is 492 g/mol. The van der Waals surface area contributed by atoms with Crippen LogP contribution in [0.25, 0.3) is 11.3 Å². The van der Waals surface area contributed by atoms with Gasteiger partial charge in [0.2, 0.25) is 5.91 Å². The summed E-state index contributed by atoms with van der Waals surface area (Å²) in [5.74, 6) is 0.953. The van der Waals surface area contributed by atoms with Gasteiger partial charge in [-0.05, 0) is 23.8 Å². The van der Waals surface area contributed by atoms with Crippen LogP contribution < -0.4 is 5.43 Å². The van der Waals surface area contributed by atoms with E-state index in [4.69, 9.17) is 0 Å². The van der Waals surface area contributed by atoms with Crippen molar-refractivity contribution in [3.05, 3.63) is 74.8 Å². The van der Waals surface area contributed by atoms with E-state index in [0.717, 1.165) is 37.1 Å². The molecule has 0 saturated heterocycles. The first-order valence-corrected chi connectivity index (χ1v) is 10.8. The third kappa shape index (κ3) is 5.79. The van der Waals surface area contributed by atoms with Crippen LogP contribution in [-0.4, -0.2) is 28.1 Å². The molecule has 0 atom stereocenters. The van der Waals surface area contributed by atoms with Gasteiger partial charge in [0.1, 0.15) is 0 Å². The van der Waals surface area contributed by atoms with E-state index in [2.05, 4.69) is 52.6 Å². The summed E-state index contributed by atoms with van der Waals surface area (Å²) in [7, 11) is 0. The number of amides is 1. The standard InChI is InChI=1S/C19H16Br2N4OS/c20-16-7-5-13(6-8-16)19-15(10-23-25-19)9-22-24-18(26)12-27-11-14-3-1-2-4-17(14)21/h1-10H,11-12H2,(H,23,25)(H,24,26)/b22-9+. The lowest BCUT2D eigenvalue weighted by atomic mass is 10.1. The Morgan fingerprint density at radius 1 is 1.19 bits per heavy atom. The van der Waals surface area contributed by atoms with Crippen molar-refractivity contribution in [1.29, 1.82) is 0 Å². The van der Waals surface area contributed by atoms with Crippen molar-refractivity contribution in [2.45, 2.75) is 5.75 Å². The van der Waals surface area contributed by atoms with Crippen molar-refractivity contribution < 1.29 is 4.79 Å². The minimum atomic E-state index is -0.142. The zero-order valence-electron chi connectivity index (χ0n) is 14.2. The zero-order chi connectivity index (χ0) is 19.1. The van der Waals surface area contributed by atoms with Crippen LogP contribution in [0, 0.1) is 0 Å². The molecule has 0 aliphatic carbocycles. The number of rotatable bonds is 7. The van der Waals surface area contributed by atoms with Gasteiger partial charge in [0.05, 0.1) is 23.9 Å². The molecule has 0 spiro atoms. The molecule has 1 amide bonds. The van der Waals surface area contributed by atoms with Crippen molar-refractivity contribution in [3.63, 3.8) is 0 Å². The maximum atomic E-state index is 12.0. The number of benzene rings is 2. The monoisotopic (exact) mass is 506 g/mol. The maximum Gasteiger partial charge on any atom is 0.250 e. The van der Waals surface area contributed by atoms with E-state index < -0.39 is 0 Å². The van der Waals surface area contributed by atoms with Gasteiger partial charge in [-0.25, -0.2) is 5.43 Å². The SMILES string of the molecule is O=C(CSCc1ccccc1Br)N/N=C/c1cn[nH]c1-c1ccc(Br)cc1. The Morgan fingerprint density at radius 2 is 1.96 bits per heavy atom. The van der Waals surface area contributed by atoms with Gasteiger partial charge in [-0.15, -0.1) is 11.8 Å². The largest absolute Gasteiger partial charge is 0.277 e. The zero-order valence-corrected chi connectivity index (χ0v) is 18.1. The van der Waals surface area contributed by atoms with Gasteiger partial charge < -0.3 is 0 Å². The fourth-order valence-electron chi connectivity index (χ4n) is 2.32. The number of aromatic nitrogens is 2. The molecule has 0 saturated carbocycles. The minimum Gasteiger partial charge on any atom is -0.277 e. The van der Waals surface area contributed by atoms with Crippen molar-refractivity contribution in [3.8, 4) is 11.3 Å². The van der Waals surface area contributed by atoms with Crippen LogP contribution in [0.1, 0.15) is 11.1 Å². The quantitative estimate of drug-likeness (QED) is 0.349. The summed E-state index contributed by atoms with van der Waals surface area (Å²) in [6.45, 7) is 0. The third-order valence-corrected chi connectivity index (χ3v) is 5.93. The number of hydrazone groups is 1. The van der Waals surface area contributed by atoms with E-state index in [9.17, 15) is 4.79 Å². The summed E-state index contributed by atoms with van der Waals surface area (Å²) in [6, 6.07) is 15.9. The smallest absolute Gasteiger partial charge is 0.250 e. The number of nitrogens with zero attached hydrogens (tertiary/aromatic N) is 2. The molecule has 1 aromatic heterocycles. The Balaban J connectivity index is 1.51. The van der Waals surface area contributed by atoms with Crippen LogP contribution in [0.5, 0.6) is 0 Å². The molecular formula is C19H16Br2N4OS. The minimum absolute atomic E-state index is 0.142. The number of aromatic amines is 1. The average Bonchev–Trinajstić information content (AvgIpc) is 3.12. The van der Waals surface area contributed by atoms with Crippen molar-refractivity contribution in [1.82, 2.24) is 15.6 Å². The molecule has 27 heavy (non-hydrogen) atoms. The van der Waals surface area contributed by atoms with E-state index in [1.54, 1.807) is 12.4 Å². The lowest BCUT2D eigenvalue weighted by Gasteiger charge is -2.03. The molecule has 0 aliphatic rings. The molecule has 1 heterocycles. The van der Waals surface area contributed by atoms with Gasteiger partial charge in [-0.3, -0.25) is 9.89 Å². The molecule has 2 aromatic carbocycles. The van der Waals surface area contributed by atoms with Crippen molar-refractivity contribution >= 4 is 55.7 Å². The summed E-state index contributed by atoms with van der Waals surface area (Å²) >= 11 is 8.47. The van der Waals surface area contributed by atoms with E-state index in [1.807, 2.05) is 48.5 Å². The van der Waals surface area contributed by atoms with Crippen LogP contribution >= 0.6 is 43.6 Å². The predicted molar refractivity (Wildman–Crippen MR) is 118 cm³/mol. The summed E-state index contributed by atoms with van der Waals surface area (Å²) in [5.41, 5.74) is 6.37. The van der Waals surface area contributed by atoms with E-state index in [1.165, 1.54) is 11.8 Å². The molecule has 0 fully saturated rings. The third-order valence-electron chi connectivity index (χ3n) is 3.64. The average molecular weight is 508 g/mol. The molecule has 138 valence electrons. The van der Waals surface area contributed by atoms with E-state index >= 15 is 0 Å². The van der Waals surface area contributed by atoms with Gasteiger partial charge in [-0.1, -0.05) is 62.2 Å². The van der Waals surface area contributed by atoms with Crippen molar-refractivity contribution in [2.75, 3.05) is 5.75 Å². The van der Waals surface area contributed by atoms with Crippen LogP contribution in [-0.2, 0) is 10.5 Å². The number of H-pyrrole nitrogens is 1. The molecule has 8 heteroatoms. The predicted octanol–water partition coefficient (Wildman–Crippen LogP) is 4.99. The highest BCUT2D eigenvalue weighted by Crippen LogP contribution is 2.22. The Labute approximate surface area is 178 Å². The van der Waals surface area contributed by atoms with Gasteiger partial charge in [0.25, 0.3) is 0 Å². The highest BCUT2D eigenvalue weighted by Gasteiger charge is 2.06. The molecule has 0 unspecified atom stereocenters. The molecule has 3 rings (SSSR count). The van der Waals surface area contributed by atoms with Crippen LogP contribution in [0.3, 0.4) is 0 Å². The summed E-state index contributed by atoms with van der Waals surface area (Å²) in [6.07, 6.45) is 3.27. The molecule has 0 radical (unpaired) electrons. The van der Waals surface area contributed by atoms with E-state index in [0.29, 0.717) is 5.75 Å². The van der Waals surface area contributed by atoms with Gasteiger partial charge in [0.15, 0.2) is 0 Å². The molecule has 5 nitrogen and oxygen atoms in total. The number of halogens is 2. The second kappa shape index (κ2) is 9.87. The lowest BCUT2D eigenvalue weighted by Crippen LogP contribution is -2.19. The topological polar surface area (TPSA) is 70.1 Å². The second-order valence-corrected chi connectivity index (χ2v) is 8.34. The Morgan fingerprint density at radius 3 is 2.74 bits per heavy atom. The summed E-state index contributed by atoms with van der Waals surface area (Å²) < 4.78 is 2.06. The molecule has 2 N–H and O–H groups in total. The first-order valence-electron chi connectivity index (χ1n) is 8.06. The number of carbonyl (C=O) groups is 1. The van der Waals surface area contributed by atoms with Crippen molar-refractivity contribution in [2.24, 2.45) is 5.10 Å². The fraction of sp³-hybridized carbons (Fsp3) is 0.105. The molecule has 3 aromatic rings. The number of carbonyl (C=O) groups excluding carboxylic acids is 1. The lowest BCUT2D eigenvalue weighted by molar-refractivity contribution is -0.118. The number of hydrogen-bond acceptors (Lipinski definition) is 4. The number of nitrogens with one attached hydrogen (secondary N) is 2. The van der Waals surface area contributed by atoms with Gasteiger partial charge in [-0.2, -0.15) is 10.2 Å². The number of thioether (sulfide) groups is 1. The maximum absolute atomic E-state index is 12.0. The van der Waals surface area contributed by atoms with Crippen LogP contribution in [0.15, 0.2) is 68.8 Å². The summed E-state index contributed by atoms with van der Waals surface area (Å²) in [5, 5.41) is 11.1. The Bertz CT molecular complexity index is 941. The highest BCUT2D eigenvalue weighted by molar-refractivity contribution is 9.10. The summed E-state index contributed by atoms with van der Waals surface area (Å²) in [4.78, 5) is 12.0.